The minimum absolute atomic E-state index is 0.106. The van der Waals surface area contributed by atoms with Gasteiger partial charge in [-0.2, -0.15) is 4.31 Å². The second-order valence-electron chi connectivity index (χ2n) is 8.25. The first-order valence-electron chi connectivity index (χ1n) is 10.4. The zero-order valence-electron chi connectivity index (χ0n) is 17.3. The van der Waals surface area contributed by atoms with Crippen LogP contribution >= 0.6 is 0 Å². The summed E-state index contributed by atoms with van der Waals surface area (Å²) in [5.41, 5.74) is 3.32. The predicted octanol–water partition coefficient (Wildman–Crippen LogP) is 5.20. The quantitative estimate of drug-likeness (QED) is 0.537. The molecule has 0 saturated carbocycles. The summed E-state index contributed by atoms with van der Waals surface area (Å²) in [5, 5.41) is 0. The van der Waals surface area contributed by atoms with Gasteiger partial charge in [0.15, 0.2) is 0 Å². The molecule has 156 valence electrons. The highest BCUT2D eigenvalue weighted by Gasteiger charge is 2.59. The van der Waals surface area contributed by atoms with Crippen LogP contribution < -0.4 is 0 Å². The largest absolute Gasteiger partial charge is 0.260 e. The van der Waals surface area contributed by atoms with E-state index in [1.807, 2.05) is 79.9 Å². The van der Waals surface area contributed by atoms with Crippen LogP contribution in [0.3, 0.4) is 0 Å². The highest BCUT2D eigenvalue weighted by Crippen LogP contribution is 2.57. The molecule has 0 aliphatic carbocycles. The maximum atomic E-state index is 13.9. The van der Waals surface area contributed by atoms with Crippen molar-refractivity contribution in [1.82, 2.24) is 4.31 Å². The molecule has 1 spiro atoms. The van der Waals surface area contributed by atoms with E-state index in [0.717, 1.165) is 22.4 Å². The first kappa shape index (κ1) is 19.9. The van der Waals surface area contributed by atoms with Gasteiger partial charge in [-0.3, -0.25) is 4.99 Å². The first-order valence-corrected chi connectivity index (χ1v) is 11.8. The molecule has 0 amide bonds. The number of hydrogen-bond donors (Lipinski definition) is 0. The molecule has 0 bridgehead atoms. The molecule has 2 heterocycles. The van der Waals surface area contributed by atoms with Crippen LogP contribution in [0, 0.1) is 12.8 Å². The molecule has 0 aromatic heterocycles. The van der Waals surface area contributed by atoms with Crippen molar-refractivity contribution in [2.24, 2.45) is 10.9 Å². The van der Waals surface area contributed by atoms with Gasteiger partial charge in [0.05, 0.1) is 22.0 Å². The molecular weight excluding hydrogens is 404 g/mol. The minimum Gasteiger partial charge on any atom is -0.260 e. The molecule has 31 heavy (non-hydrogen) atoms. The first-order chi connectivity index (χ1) is 15.0. The summed E-state index contributed by atoms with van der Waals surface area (Å²) in [5.74, 6) is -0.106. The third kappa shape index (κ3) is 2.92. The fourth-order valence-electron chi connectivity index (χ4n) is 5.03. The number of hydrogen-bond acceptors (Lipinski definition) is 3. The fraction of sp³-hybridized carbons (Fsp3) is 0.192. The normalized spacial score (nSPS) is 25.1. The minimum atomic E-state index is -3.74. The summed E-state index contributed by atoms with van der Waals surface area (Å²) < 4.78 is 29.4. The Bertz CT molecular complexity index is 1270. The Kier molecular flexibility index (Phi) is 4.68. The Balaban J connectivity index is 1.75. The molecule has 2 aliphatic rings. The van der Waals surface area contributed by atoms with Gasteiger partial charge in [0.2, 0.25) is 10.0 Å². The lowest BCUT2D eigenvalue weighted by atomic mass is 9.68. The van der Waals surface area contributed by atoms with Crippen LogP contribution in [-0.4, -0.2) is 25.5 Å². The van der Waals surface area contributed by atoms with E-state index < -0.39 is 21.5 Å². The van der Waals surface area contributed by atoms with E-state index in [4.69, 9.17) is 4.99 Å². The van der Waals surface area contributed by atoms with Gasteiger partial charge >= 0.3 is 0 Å². The number of aryl methyl sites for hydroxylation is 1. The van der Waals surface area contributed by atoms with E-state index in [0.29, 0.717) is 11.4 Å². The molecule has 3 aromatic rings. The number of rotatable bonds is 4. The highest BCUT2D eigenvalue weighted by molar-refractivity contribution is 7.89. The Morgan fingerprint density at radius 2 is 1.68 bits per heavy atom. The SMILES string of the molecule is C=C[C@H]1CN(S(=O)(=O)c2ccc(C)cc2)[C@@H](c2ccccc2)[C@]12C=Nc1ccccc12. The highest BCUT2D eigenvalue weighted by atomic mass is 32.2. The maximum absolute atomic E-state index is 13.9. The van der Waals surface area contributed by atoms with Crippen molar-refractivity contribution in [2.45, 2.75) is 23.3 Å². The second-order valence-corrected chi connectivity index (χ2v) is 10.1. The van der Waals surface area contributed by atoms with Crippen molar-refractivity contribution in [3.05, 3.63) is 108 Å². The van der Waals surface area contributed by atoms with Crippen LogP contribution in [0.1, 0.15) is 22.7 Å². The van der Waals surface area contributed by atoms with Gasteiger partial charge in [-0.05, 0) is 36.2 Å². The Hall–Kier alpha value is -3.02. The third-order valence-corrected chi connectivity index (χ3v) is 8.39. The van der Waals surface area contributed by atoms with Gasteiger partial charge in [0, 0.05) is 18.7 Å². The van der Waals surface area contributed by atoms with E-state index in [9.17, 15) is 8.42 Å². The van der Waals surface area contributed by atoms with Crippen molar-refractivity contribution >= 4 is 21.9 Å². The van der Waals surface area contributed by atoms with Gasteiger partial charge in [0.1, 0.15) is 0 Å². The smallest absolute Gasteiger partial charge is 0.243 e. The van der Waals surface area contributed by atoms with Crippen LogP contribution in [0.25, 0.3) is 0 Å². The molecule has 0 radical (unpaired) electrons. The number of fused-ring (bicyclic) bond motifs is 2. The number of sulfonamides is 1. The molecule has 2 aliphatic heterocycles. The van der Waals surface area contributed by atoms with E-state index in [1.165, 1.54) is 0 Å². The molecule has 4 nitrogen and oxygen atoms in total. The van der Waals surface area contributed by atoms with Crippen molar-refractivity contribution in [1.29, 1.82) is 0 Å². The monoisotopic (exact) mass is 428 g/mol. The molecule has 0 N–H and O–H groups in total. The van der Waals surface area contributed by atoms with Crippen molar-refractivity contribution in [2.75, 3.05) is 6.54 Å². The van der Waals surface area contributed by atoms with E-state index in [2.05, 4.69) is 12.6 Å². The molecular formula is C26H24N2O2S. The zero-order chi connectivity index (χ0) is 21.6. The standard InChI is InChI=1S/C26H24N2O2S/c1-3-21-17-28(31(29,30)22-15-13-19(2)14-16-22)25(20-9-5-4-6-10-20)26(21)18-27-24-12-8-7-11-23(24)26/h3-16,18,21,25H,1,17H2,2H3/t21-,25-,26+/m0/s1. The molecule has 5 heteroatoms. The predicted molar refractivity (Wildman–Crippen MR) is 124 cm³/mol. The molecule has 1 fully saturated rings. The second kappa shape index (κ2) is 7.29. The van der Waals surface area contributed by atoms with Gasteiger partial charge in [-0.25, -0.2) is 8.42 Å². The molecule has 0 unspecified atom stereocenters. The summed E-state index contributed by atoms with van der Waals surface area (Å²) in [6.45, 7) is 6.38. The Labute approximate surface area is 183 Å². The van der Waals surface area contributed by atoms with Crippen LogP contribution in [0.4, 0.5) is 5.69 Å². The van der Waals surface area contributed by atoms with Gasteiger partial charge in [-0.15, -0.1) is 6.58 Å². The lowest BCUT2D eigenvalue weighted by molar-refractivity contribution is 0.357. The van der Waals surface area contributed by atoms with Gasteiger partial charge < -0.3 is 0 Å². The number of benzene rings is 3. The lowest BCUT2D eigenvalue weighted by Crippen LogP contribution is -2.40. The van der Waals surface area contributed by atoms with Gasteiger partial charge in [-0.1, -0.05) is 72.3 Å². The van der Waals surface area contributed by atoms with Crippen LogP contribution in [0.5, 0.6) is 0 Å². The molecule has 1 saturated heterocycles. The number of para-hydroxylation sites is 1. The fourth-order valence-corrected chi connectivity index (χ4v) is 6.71. The summed E-state index contributed by atoms with van der Waals surface area (Å²) in [6.07, 6.45) is 3.83. The van der Waals surface area contributed by atoms with E-state index in [-0.39, 0.29) is 5.92 Å². The van der Waals surface area contributed by atoms with E-state index in [1.54, 1.807) is 16.4 Å². The average molecular weight is 429 g/mol. The average Bonchev–Trinajstić information content (AvgIpc) is 3.34. The molecule has 3 atom stereocenters. The van der Waals surface area contributed by atoms with Gasteiger partial charge in [0.25, 0.3) is 0 Å². The van der Waals surface area contributed by atoms with Crippen LogP contribution in [0.2, 0.25) is 0 Å². The Morgan fingerprint density at radius 3 is 2.39 bits per heavy atom. The summed E-state index contributed by atoms with van der Waals surface area (Å²) >= 11 is 0. The van der Waals surface area contributed by atoms with Crippen LogP contribution in [-0.2, 0) is 15.4 Å². The summed E-state index contributed by atoms with van der Waals surface area (Å²) in [4.78, 5) is 5.02. The molecule has 5 rings (SSSR count). The van der Waals surface area contributed by atoms with E-state index >= 15 is 0 Å². The van der Waals surface area contributed by atoms with Crippen molar-refractivity contribution < 1.29 is 8.42 Å². The number of nitrogens with zero attached hydrogens (tertiary/aromatic N) is 2. The van der Waals surface area contributed by atoms with Crippen LogP contribution in [0.15, 0.2) is 101 Å². The number of aliphatic imine (C=N–C) groups is 1. The third-order valence-electron chi connectivity index (χ3n) is 6.55. The zero-order valence-corrected chi connectivity index (χ0v) is 18.2. The summed E-state index contributed by atoms with van der Waals surface area (Å²) in [7, 11) is -3.74. The Morgan fingerprint density at radius 1 is 1.00 bits per heavy atom. The topological polar surface area (TPSA) is 49.7 Å². The summed E-state index contributed by atoms with van der Waals surface area (Å²) in [6, 6.07) is 24.5. The van der Waals surface area contributed by atoms with Crippen molar-refractivity contribution in [3.63, 3.8) is 0 Å². The maximum Gasteiger partial charge on any atom is 0.243 e. The lowest BCUT2D eigenvalue weighted by Gasteiger charge is -2.36. The molecule has 3 aromatic carbocycles. The van der Waals surface area contributed by atoms with Crippen molar-refractivity contribution in [3.8, 4) is 0 Å².